The first-order valence-corrected chi connectivity index (χ1v) is 7.40. The van der Waals surface area contributed by atoms with Gasteiger partial charge in [0.05, 0.1) is 5.56 Å². The van der Waals surface area contributed by atoms with Gasteiger partial charge in [-0.2, -0.15) is 13.2 Å². The molecule has 1 aromatic carbocycles. The van der Waals surface area contributed by atoms with Gasteiger partial charge in [0, 0.05) is 23.6 Å². The van der Waals surface area contributed by atoms with E-state index in [4.69, 9.17) is 5.73 Å². The summed E-state index contributed by atoms with van der Waals surface area (Å²) in [5.41, 5.74) is 5.42. The summed E-state index contributed by atoms with van der Waals surface area (Å²) in [7, 11) is 0. The van der Waals surface area contributed by atoms with Crippen LogP contribution in [0, 0.1) is 5.92 Å². The first-order chi connectivity index (χ1) is 9.31. The lowest BCUT2D eigenvalue weighted by Crippen LogP contribution is -2.28. The molecule has 1 heterocycles. The van der Waals surface area contributed by atoms with E-state index in [0.29, 0.717) is 29.0 Å². The second-order valence-corrected chi connectivity index (χ2v) is 6.33. The monoisotopic (exact) mass is 350 g/mol. The molecule has 0 amide bonds. The van der Waals surface area contributed by atoms with Crippen LogP contribution >= 0.6 is 15.9 Å². The summed E-state index contributed by atoms with van der Waals surface area (Å²) >= 11 is 3.10. The van der Waals surface area contributed by atoms with Gasteiger partial charge in [0.2, 0.25) is 0 Å². The highest BCUT2D eigenvalue weighted by molar-refractivity contribution is 9.10. The van der Waals surface area contributed by atoms with Gasteiger partial charge in [-0.3, -0.25) is 4.90 Å². The zero-order chi connectivity index (χ0) is 14.9. The molecule has 0 radical (unpaired) electrons. The lowest BCUT2D eigenvalue weighted by atomic mass is 10.1. The van der Waals surface area contributed by atoms with Crippen molar-refractivity contribution in [3.63, 3.8) is 0 Å². The minimum atomic E-state index is -4.32. The van der Waals surface area contributed by atoms with Crippen molar-refractivity contribution < 1.29 is 13.2 Å². The first kappa shape index (κ1) is 15.8. The molecule has 0 bridgehead atoms. The molecule has 1 aliphatic rings. The second-order valence-electron chi connectivity index (χ2n) is 5.42. The topological polar surface area (TPSA) is 29.3 Å². The van der Waals surface area contributed by atoms with Crippen molar-refractivity contribution in [2.24, 2.45) is 11.7 Å². The molecule has 1 saturated heterocycles. The molecule has 1 aliphatic heterocycles. The zero-order valence-corrected chi connectivity index (χ0v) is 12.8. The molecule has 1 aromatic rings. The number of hydrogen-bond donors (Lipinski definition) is 1. The summed E-state index contributed by atoms with van der Waals surface area (Å²) < 4.78 is 39.7. The number of rotatable bonds is 3. The van der Waals surface area contributed by atoms with Crippen LogP contribution in [0.2, 0.25) is 0 Å². The fourth-order valence-electron chi connectivity index (χ4n) is 2.78. The maximum absolute atomic E-state index is 13.1. The minimum Gasteiger partial charge on any atom is -0.330 e. The number of halogens is 4. The minimum absolute atomic E-state index is 0.272. The number of nitrogens with zero attached hydrogens (tertiary/aromatic N) is 1. The van der Waals surface area contributed by atoms with Crippen molar-refractivity contribution >= 4 is 15.9 Å². The van der Waals surface area contributed by atoms with E-state index in [0.717, 1.165) is 19.0 Å². The predicted molar refractivity (Wildman–Crippen MR) is 76.2 cm³/mol. The van der Waals surface area contributed by atoms with E-state index in [1.54, 1.807) is 12.1 Å². The molecule has 2 N–H and O–H groups in total. The molecule has 1 fully saturated rings. The van der Waals surface area contributed by atoms with E-state index in [1.165, 1.54) is 0 Å². The maximum Gasteiger partial charge on any atom is 0.416 e. The molecule has 2 atom stereocenters. The number of nitrogens with two attached hydrogens (primary N) is 1. The fraction of sp³-hybridized carbons (Fsp3) is 0.571. The van der Waals surface area contributed by atoms with Gasteiger partial charge in [-0.15, -0.1) is 0 Å². The van der Waals surface area contributed by atoms with Gasteiger partial charge >= 0.3 is 6.18 Å². The van der Waals surface area contributed by atoms with Crippen LogP contribution in [0.1, 0.15) is 24.5 Å². The molecule has 20 heavy (non-hydrogen) atoms. The van der Waals surface area contributed by atoms with Crippen LogP contribution in [0.25, 0.3) is 0 Å². The van der Waals surface area contributed by atoms with Gasteiger partial charge in [-0.25, -0.2) is 0 Å². The molecular formula is C14H18BrF3N2. The third kappa shape index (κ3) is 3.54. The SMILES string of the molecule is CC1CC(CN)CN1Cc1ccc(Br)cc1C(F)(F)F. The molecule has 2 unspecified atom stereocenters. The summed E-state index contributed by atoms with van der Waals surface area (Å²) in [5, 5.41) is 0. The van der Waals surface area contributed by atoms with Crippen molar-refractivity contribution in [3.05, 3.63) is 33.8 Å². The molecule has 2 nitrogen and oxygen atoms in total. The summed E-state index contributed by atoms with van der Waals surface area (Å²) in [6, 6.07) is 4.63. The number of alkyl halides is 3. The zero-order valence-electron chi connectivity index (χ0n) is 11.3. The quantitative estimate of drug-likeness (QED) is 0.901. The van der Waals surface area contributed by atoms with E-state index >= 15 is 0 Å². The Morgan fingerprint density at radius 2 is 2.10 bits per heavy atom. The van der Waals surface area contributed by atoms with Crippen molar-refractivity contribution in [2.75, 3.05) is 13.1 Å². The Hall–Kier alpha value is -0.590. The molecule has 0 aliphatic carbocycles. The van der Waals surface area contributed by atoms with Gasteiger partial charge in [0.15, 0.2) is 0 Å². The summed E-state index contributed by atoms with van der Waals surface area (Å²) in [5.74, 6) is 0.384. The Morgan fingerprint density at radius 1 is 1.40 bits per heavy atom. The van der Waals surface area contributed by atoms with Gasteiger partial charge in [-0.1, -0.05) is 22.0 Å². The average molecular weight is 351 g/mol. The maximum atomic E-state index is 13.1. The number of hydrogen-bond acceptors (Lipinski definition) is 2. The highest BCUT2D eigenvalue weighted by Gasteiger charge is 2.35. The van der Waals surface area contributed by atoms with Crippen molar-refractivity contribution in [3.8, 4) is 0 Å². The van der Waals surface area contributed by atoms with Crippen LogP contribution in [0.5, 0.6) is 0 Å². The Bertz CT molecular complexity index is 476. The van der Waals surface area contributed by atoms with Crippen LogP contribution in [0.4, 0.5) is 13.2 Å². The Balaban J connectivity index is 2.22. The standard InChI is InChI=1S/C14H18BrF3N2/c1-9-4-10(6-19)7-20(9)8-11-2-3-12(15)5-13(11)14(16,17)18/h2-3,5,9-10H,4,6-8,19H2,1H3. The largest absolute Gasteiger partial charge is 0.416 e. The number of likely N-dealkylation sites (tertiary alicyclic amines) is 1. The second kappa shape index (κ2) is 6.03. The Kier molecular flexibility index (Phi) is 4.76. The van der Waals surface area contributed by atoms with Crippen molar-refractivity contribution in [1.82, 2.24) is 4.90 Å². The lowest BCUT2D eigenvalue weighted by molar-refractivity contribution is -0.138. The van der Waals surface area contributed by atoms with E-state index < -0.39 is 11.7 Å². The van der Waals surface area contributed by atoms with Gasteiger partial charge in [0.25, 0.3) is 0 Å². The first-order valence-electron chi connectivity index (χ1n) is 6.61. The average Bonchev–Trinajstić information content (AvgIpc) is 2.71. The van der Waals surface area contributed by atoms with Gasteiger partial charge in [0.1, 0.15) is 0 Å². The molecule has 0 spiro atoms. The van der Waals surface area contributed by atoms with E-state index in [2.05, 4.69) is 20.8 Å². The highest BCUT2D eigenvalue weighted by Crippen LogP contribution is 2.35. The lowest BCUT2D eigenvalue weighted by Gasteiger charge is -2.23. The fourth-order valence-corrected chi connectivity index (χ4v) is 3.14. The van der Waals surface area contributed by atoms with Crippen LogP contribution in [0.3, 0.4) is 0 Å². The van der Waals surface area contributed by atoms with E-state index in [1.807, 2.05) is 6.92 Å². The summed E-state index contributed by atoms with van der Waals surface area (Å²) in [6.07, 6.45) is -3.37. The Labute approximate surface area is 125 Å². The highest BCUT2D eigenvalue weighted by atomic mass is 79.9. The van der Waals surface area contributed by atoms with Gasteiger partial charge < -0.3 is 5.73 Å². The van der Waals surface area contributed by atoms with Crippen LogP contribution < -0.4 is 5.73 Å². The number of benzene rings is 1. The van der Waals surface area contributed by atoms with E-state index in [9.17, 15) is 13.2 Å². The summed E-state index contributed by atoms with van der Waals surface area (Å²) in [4.78, 5) is 2.08. The molecule has 0 saturated carbocycles. The Morgan fingerprint density at radius 3 is 2.65 bits per heavy atom. The molecule has 6 heteroatoms. The van der Waals surface area contributed by atoms with E-state index in [-0.39, 0.29) is 6.04 Å². The smallest absolute Gasteiger partial charge is 0.330 e. The van der Waals surface area contributed by atoms with Crippen molar-refractivity contribution in [1.29, 1.82) is 0 Å². The van der Waals surface area contributed by atoms with Crippen LogP contribution in [-0.2, 0) is 12.7 Å². The third-order valence-corrected chi connectivity index (χ3v) is 4.37. The van der Waals surface area contributed by atoms with Crippen LogP contribution in [0.15, 0.2) is 22.7 Å². The van der Waals surface area contributed by atoms with Gasteiger partial charge in [-0.05, 0) is 43.5 Å². The molecule has 112 valence electrons. The molecule has 2 rings (SSSR count). The predicted octanol–water partition coefficient (Wildman–Crippen LogP) is 3.64. The normalized spacial score (nSPS) is 24.3. The summed E-state index contributed by atoms with van der Waals surface area (Å²) in [6.45, 7) is 3.72. The third-order valence-electron chi connectivity index (χ3n) is 3.87. The molecule has 0 aromatic heterocycles. The van der Waals surface area contributed by atoms with Crippen LogP contribution in [-0.4, -0.2) is 24.0 Å². The van der Waals surface area contributed by atoms with Crippen molar-refractivity contribution in [2.45, 2.75) is 32.1 Å². The molecular weight excluding hydrogens is 333 g/mol.